The number of hydrogen-bond acceptors (Lipinski definition) is 4. The maximum absolute atomic E-state index is 13.4. The number of rotatable bonds is 9. The van der Waals surface area contributed by atoms with Gasteiger partial charge in [0.2, 0.25) is 5.91 Å². The van der Waals surface area contributed by atoms with Crippen molar-refractivity contribution in [1.29, 1.82) is 0 Å². The third kappa shape index (κ3) is 5.48. The molecule has 1 amide bonds. The molecular weight excluding hydrogens is 424 g/mol. The van der Waals surface area contributed by atoms with E-state index in [1.165, 1.54) is 16.4 Å². The van der Waals surface area contributed by atoms with Crippen molar-refractivity contribution in [3.63, 3.8) is 0 Å². The minimum Gasteiger partial charge on any atom is -0.494 e. The molecule has 168 valence electrons. The molecule has 3 rings (SSSR count). The van der Waals surface area contributed by atoms with Crippen LogP contribution in [0.25, 0.3) is 0 Å². The molecule has 3 aromatic rings. The number of carbonyl (C=O) groups is 1. The lowest BCUT2D eigenvalue weighted by atomic mass is 10.1. The van der Waals surface area contributed by atoms with Crippen LogP contribution in [-0.4, -0.2) is 27.5 Å². The molecule has 6 nitrogen and oxygen atoms in total. The van der Waals surface area contributed by atoms with E-state index in [0.717, 1.165) is 16.7 Å². The van der Waals surface area contributed by atoms with E-state index in [0.29, 0.717) is 18.0 Å². The molecule has 32 heavy (non-hydrogen) atoms. The summed E-state index contributed by atoms with van der Waals surface area (Å²) in [4.78, 5) is 13.0. The van der Waals surface area contributed by atoms with Gasteiger partial charge in [-0.3, -0.25) is 9.10 Å². The van der Waals surface area contributed by atoms with Gasteiger partial charge in [0, 0.05) is 12.1 Å². The number of nitrogens with zero attached hydrogens (tertiary/aromatic N) is 1. The predicted molar refractivity (Wildman–Crippen MR) is 126 cm³/mol. The van der Waals surface area contributed by atoms with Crippen LogP contribution < -0.4 is 14.4 Å². The molecule has 0 saturated carbocycles. The van der Waals surface area contributed by atoms with E-state index in [9.17, 15) is 13.2 Å². The molecule has 0 fully saturated rings. The number of benzene rings is 3. The van der Waals surface area contributed by atoms with Crippen LogP contribution in [0.1, 0.15) is 23.6 Å². The second-order valence-corrected chi connectivity index (χ2v) is 9.29. The first-order chi connectivity index (χ1) is 15.3. The molecule has 0 saturated heterocycles. The molecular formula is C25H28N2O4S. The fraction of sp³-hybridized carbons (Fsp3) is 0.240. The van der Waals surface area contributed by atoms with Crippen molar-refractivity contribution in [3.05, 3.63) is 89.5 Å². The highest BCUT2D eigenvalue weighted by Crippen LogP contribution is 2.27. The van der Waals surface area contributed by atoms with E-state index in [4.69, 9.17) is 4.74 Å². The molecule has 0 spiro atoms. The summed E-state index contributed by atoms with van der Waals surface area (Å²) in [5.74, 6) is 0.286. The van der Waals surface area contributed by atoms with Crippen molar-refractivity contribution in [2.24, 2.45) is 0 Å². The average molecular weight is 453 g/mol. The zero-order chi connectivity index (χ0) is 23.1. The molecule has 0 heterocycles. The van der Waals surface area contributed by atoms with Crippen LogP contribution in [0.2, 0.25) is 0 Å². The third-order valence-electron chi connectivity index (χ3n) is 4.99. The van der Waals surface area contributed by atoms with Crippen LogP contribution in [0.5, 0.6) is 5.75 Å². The summed E-state index contributed by atoms with van der Waals surface area (Å²) in [6.07, 6.45) is 0. The molecule has 0 unspecified atom stereocenters. The van der Waals surface area contributed by atoms with E-state index < -0.39 is 15.9 Å². The Morgan fingerprint density at radius 3 is 2.34 bits per heavy atom. The lowest BCUT2D eigenvalue weighted by Gasteiger charge is -2.26. The highest BCUT2D eigenvalue weighted by molar-refractivity contribution is 7.92. The number of ether oxygens (including phenoxy) is 1. The van der Waals surface area contributed by atoms with E-state index in [-0.39, 0.29) is 18.0 Å². The van der Waals surface area contributed by atoms with E-state index in [2.05, 4.69) is 5.32 Å². The Morgan fingerprint density at radius 1 is 0.969 bits per heavy atom. The molecule has 0 aliphatic heterocycles. The summed E-state index contributed by atoms with van der Waals surface area (Å²) in [5, 5.41) is 2.83. The quantitative estimate of drug-likeness (QED) is 0.528. The van der Waals surface area contributed by atoms with Crippen LogP contribution in [0.15, 0.2) is 77.7 Å². The summed E-state index contributed by atoms with van der Waals surface area (Å²) in [5.41, 5.74) is 3.09. The first kappa shape index (κ1) is 23.3. The second-order valence-electron chi connectivity index (χ2n) is 7.43. The van der Waals surface area contributed by atoms with Crippen LogP contribution in [0, 0.1) is 13.8 Å². The number of carbonyl (C=O) groups excluding carboxylic acids is 1. The van der Waals surface area contributed by atoms with Gasteiger partial charge in [-0.1, -0.05) is 54.1 Å². The average Bonchev–Trinajstić information content (AvgIpc) is 2.78. The molecule has 0 bridgehead atoms. The Kier molecular flexibility index (Phi) is 7.53. The highest BCUT2D eigenvalue weighted by atomic mass is 32.2. The normalized spacial score (nSPS) is 11.1. The molecule has 7 heteroatoms. The molecule has 1 N–H and O–H groups in total. The Balaban J connectivity index is 1.87. The number of para-hydroxylation sites is 1. The Hall–Kier alpha value is -3.32. The lowest BCUT2D eigenvalue weighted by molar-refractivity contribution is -0.119. The van der Waals surface area contributed by atoms with Crippen LogP contribution in [0.3, 0.4) is 0 Å². The summed E-state index contributed by atoms with van der Waals surface area (Å²) in [6, 6.07) is 21.1. The molecule has 0 aliphatic carbocycles. The molecule has 0 aliphatic rings. The number of nitrogens with one attached hydrogen (secondary N) is 1. The number of hydrogen-bond donors (Lipinski definition) is 1. The number of anilines is 1. The van der Waals surface area contributed by atoms with Gasteiger partial charge in [-0.25, -0.2) is 8.42 Å². The number of sulfonamides is 1. The smallest absolute Gasteiger partial charge is 0.264 e. The Bertz CT molecular complexity index is 1180. The van der Waals surface area contributed by atoms with Crippen molar-refractivity contribution >= 4 is 21.6 Å². The fourth-order valence-electron chi connectivity index (χ4n) is 3.43. The van der Waals surface area contributed by atoms with Gasteiger partial charge in [-0.15, -0.1) is 0 Å². The van der Waals surface area contributed by atoms with Gasteiger partial charge in [0.25, 0.3) is 10.0 Å². The van der Waals surface area contributed by atoms with Crippen molar-refractivity contribution in [1.82, 2.24) is 5.32 Å². The first-order valence-electron chi connectivity index (χ1n) is 10.5. The molecule has 0 aromatic heterocycles. The van der Waals surface area contributed by atoms with Crippen LogP contribution >= 0.6 is 0 Å². The van der Waals surface area contributed by atoms with Gasteiger partial charge < -0.3 is 10.1 Å². The number of aryl methyl sites for hydroxylation is 2. The topological polar surface area (TPSA) is 75.7 Å². The highest BCUT2D eigenvalue weighted by Gasteiger charge is 2.28. The van der Waals surface area contributed by atoms with Gasteiger partial charge in [0.05, 0.1) is 17.2 Å². The zero-order valence-electron chi connectivity index (χ0n) is 18.5. The van der Waals surface area contributed by atoms with Gasteiger partial charge in [-0.2, -0.15) is 0 Å². The van der Waals surface area contributed by atoms with Gasteiger partial charge in [0.1, 0.15) is 12.3 Å². The molecule has 0 atom stereocenters. The van der Waals surface area contributed by atoms with Crippen molar-refractivity contribution in [3.8, 4) is 5.75 Å². The Labute approximate surface area is 189 Å². The monoisotopic (exact) mass is 452 g/mol. The SMILES string of the molecule is CCOc1ccccc1CNC(=O)CN(c1ccc(C)cc1C)S(=O)(=O)c1ccccc1. The third-order valence-corrected chi connectivity index (χ3v) is 6.76. The van der Waals surface area contributed by atoms with Crippen LogP contribution in [0.4, 0.5) is 5.69 Å². The van der Waals surface area contributed by atoms with E-state index in [1.807, 2.05) is 57.2 Å². The zero-order valence-corrected chi connectivity index (χ0v) is 19.4. The standard InChI is InChI=1S/C25H28N2O4S/c1-4-31-24-13-9-8-10-21(24)17-26-25(28)18-27(23-15-14-19(2)16-20(23)3)32(29,30)22-11-6-5-7-12-22/h5-16H,4,17-18H2,1-3H3,(H,26,28). The largest absolute Gasteiger partial charge is 0.494 e. The van der Waals surface area contributed by atoms with Gasteiger partial charge >= 0.3 is 0 Å². The molecule has 0 radical (unpaired) electrons. The van der Waals surface area contributed by atoms with Gasteiger partial charge in [-0.05, 0) is 50.6 Å². The summed E-state index contributed by atoms with van der Waals surface area (Å²) in [7, 11) is -3.94. The number of amides is 1. The maximum atomic E-state index is 13.4. The molecule has 3 aromatic carbocycles. The van der Waals surface area contributed by atoms with Crippen molar-refractivity contribution < 1.29 is 17.9 Å². The van der Waals surface area contributed by atoms with Gasteiger partial charge in [0.15, 0.2) is 0 Å². The van der Waals surface area contributed by atoms with Crippen molar-refractivity contribution in [2.45, 2.75) is 32.2 Å². The second kappa shape index (κ2) is 10.3. The van der Waals surface area contributed by atoms with Crippen LogP contribution in [-0.2, 0) is 21.4 Å². The fourth-order valence-corrected chi connectivity index (χ4v) is 4.94. The van der Waals surface area contributed by atoms with E-state index in [1.54, 1.807) is 24.3 Å². The minimum absolute atomic E-state index is 0.134. The first-order valence-corrected chi connectivity index (χ1v) is 11.9. The van der Waals surface area contributed by atoms with Crippen molar-refractivity contribution in [2.75, 3.05) is 17.5 Å². The lowest BCUT2D eigenvalue weighted by Crippen LogP contribution is -2.41. The summed E-state index contributed by atoms with van der Waals surface area (Å²) >= 11 is 0. The summed E-state index contributed by atoms with van der Waals surface area (Å²) in [6.45, 7) is 6.09. The Morgan fingerprint density at radius 2 is 1.66 bits per heavy atom. The minimum atomic E-state index is -3.94. The summed E-state index contributed by atoms with van der Waals surface area (Å²) < 4.78 is 33.7. The van der Waals surface area contributed by atoms with E-state index >= 15 is 0 Å². The maximum Gasteiger partial charge on any atom is 0.264 e. The predicted octanol–water partition coefficient (Wildman–Crippen LogP) is 4.21.